The van der Waals surface area contributed by atoms with Gasteiger partial charge in [-0.15, -0.1) is 0 Å². The summed E-state index contributed by atoms with van der Waals surface area (Å²) in [5.41, 5.74) is 14.9. The largest absolute Gasteiger partial charge is 0.454 e. The maximum Gasteiger partial charge on any atom is 0.158 e. The Bertz CT molecular complexity index is 2150. The number of furan rings is 1. The second kappa shape index (κ2) is 8.66. The molecule has 5 aromatic carbocycles. The van der Waals surface area contributed by atoms with E-state index in [1.54, 1.807) is 0 Å². The molecule has 0 bridgehead atoms. The standard InChI is InChI=1S/C42H41NO/c1-39(2)28-16-10-11-17-29(28)40(3,4)33-24-35-34(23-32(33)39)41(5,6)30-21-20-25(22-31(30)42(35,7)8)43-36-18-13-15-27-26-14-9-12-19-37(26)44-38(27)36/h9-24,43H,1-8H3. The molecule has 2 aliphatic rings. The van der Waals surface area contributed by atoms with Crippen LogP contribution >= 0.6 is 0 Å². The van der Waals surface area contributed by atoms with E-state index in [1.165, 1.54) is 44.5 Å². The smallest absolute Gasteiger partial charge is 0.158 e. The van der Waals surface area contributed by atoms with Crippen molar-refractivity contribution in [3.05, 3.63) is 142 Å². The molecule has 0 atom stereocenters. The molecule has 0 radical (unpaired) electrons. The van der Waals surface area contributed by atoms with Crippen molar-refractivity contribution in [1.29, 1.82) is 0 Å². The van der Waals surface area contributed by atoms with Gasteiger partial charge < -0.3 is 9.73 Å². The fourth-order valence-corrected chi connectivity index (χ4v) is 8.51. The van der Waals surface area contributed by atoms with Gasteiger partial charge in [0.05, 0.1) is 5.69 Å². The van der Waals surface area contributed by atoms with Crippen LogP contribution in [0.15, 0.2) is 101 Å². The molecule has 0 saturated heterocycles. The lowest BCUT2D eigenvalue weighted by atomic mass is 9.55. The molecule has 6 aromatic rings. The topological polar surface area (TPSA) is 25.2 Å². The Balaban J connectivity index is 1.28. The normalized spacial score (nSPS) is 18.3. The molecule has 1 heterocycles. The van der Waals surface area contributed by atoms with E-state index < -0.39 is 0 Å². The highest BCUT2D eigenvalue weighted by atomic mass is 16.3. The highest BCUT2D eigenvalue weighted by molar-refractivity contribution is 6.09. The number of hydrogen-bond acceptors (Lipinski definition) is 2. The first kappa shape index (κ1) is 27.3. The van der Waals surface area contributed by atoms with Crippen LogP contribution in [-0.4, -0.2) is 0 Å². The molecular weight excluding hydrogens is 534 g/mol. The van der Waals surface area contributed by atoms with Crippen molar-refractivity contribution >= 4 is 33.3 Å². The molecular formula is C42H41NO. The zero-order valence-corrected chi connectivity index (χ0v) is 27.1. The number of para-hydroxylation sites is 2. The van der Waals surface area contributed by atoms with E-state index in [2.05, 4.69) is 146 Å². The number of benzene rings is 5. The molecule has 0 aliphatic heterocycles. The molecule has 220 valence electrons. The van der Waals surface area contributed by atoms with Crippen molar-refractivity contribution in [3.63, 3.8) is 0 Å². The average Bonchev–Trinajstić information content (AvgIpc) is 3.39. The Morgan fingerprint density at radius 3 is 1.52 bits per heavy atom. The van der Waals surface area contributed by atoms with Gasteiger partial charge in [-0.25, -0.2) is 0 Å². The van der Waals surface area contributed by atoms with E-state index in [4.69, 9.17) is 4.42 Å². The van der Waals surface area contributed by atoms with Gasteiger partial charge in [0.15, 0.2) is 5.58 Å². The quantitative estimate of drug-likeness (QED) is 0.222. The van der Waals surface area contributed by atoms with Crippen molar-refractivity contribution < 1.29 is 4.42 Å². The van der Waals surface area contributed by atoms with Crippen LogP contribution in [0, 0.1) is 0 Å². The number of fused-ring (bicyclic) bond motifs is 7. The summed E-state index contributed by atoms with van der Waals surface area (Å²) < 4.78 is 6.34. The summed E-state index contributed by atoms with van der Waals surface area (Å²) in [4.78, 5) is 0. The Hall–Kier alpha value is -4.30. The first-order valence-corrected chi connectivity index (χ1v) is 15.9. The molecule has 0 fully saturated rings. The summed E-state index contributed by atoms with van der Waals surface area (Å²) in [6.07, 6.45) is 0. The SMILES string of the molecule is CC1(C)c2ccccc2C(C)(C)c2cc3c(cc21)C(C)(C)c1ccc(Nc2cccc4c2oc2ccccc24)cc1C3(C)C. The van der Waals surface area contributed by atoms with E-state index in [0.717, 1.165) is 33.3 Å². The molecule has 0 spiro atoms. The summed E-state index contributed by atoms with van der Waals surface area (Å²) in [5.74, 6) is 0. The Kier molecular flexibility index (Phi) is 5.37. The molecule has 0 saturated carbocycles. The van der Waals surface area contributed by atoms with Crippen LogP contribution in [0.25, 0.3) is 21.9 Å². The fourth-order valence-electron chi connectivity index (χ4n) is 8.51. The minimum Gasteiger partial charge on any atom is -0.454 e. The molecule has 2 heteroatoms. The van der Waals surface area contributed by atoms with E-state index in [1.807, 2.05) is 12.1 Å². The molecule has 44 heavy (non-hydrogen) atoms. The van der Waals surface area contributed by atoms with Gasteiger partial charge in [0.1, 0.15) is 5.58 Å². The highest BCUT2D eigenvalue weighted by Gasteiger charge is 2.47. The predicted octanol–water partition coefficient (Wildman–Crippen LogP) is 11.3. The third-order valence-electron chi connectivity index (χ3n) is 11.2. The van der Waals surface area contributed by atoms with E-state index in [0.29, 0.717) is 0 Å². The van der Waals surface area contributed by atoms with E-state index >= 15 is 0 Å². The number of nitrogens with one attached hydrogen (secondary N) is 1. The van der Waals surface area contributed by atoms with Crippen LogP contribution in [0.2, 0.25) is 0 Å². The lowest BCUT2D eigenvalue weighted by molar-refractivity contribution is 0.492. The van der Waals surface area contributed by atoms with Crippen LogP contribution in [0.5, 0.6) is 0 Å². The van der Waals surface area contributed by atoms with Gasteiger partial charge in [-0.2, -0.15) is 0 Å². The highest BCUT2D eigenvalue weighted by Crippen LogP contribution is 2.56. The van der Waals surface area contributed by atoms with E-state index in [9.17, 15) is 0 Å². The molecule has 0 amide bonds. The lowest BCUT2D eigenvalue weighted by Crippen LogP contribution is -2.41. The molecule has 8 rings (SSSR count). The zero-order chi connectivity index (χ0) is 30.8. The summed E-state index contributed by atoms with van der Waals surface area (Å²) in [6, 6.07) is 35.8. The van der Waals surface area contributed by atoms with Crippen LogP contribution in [0.3, 0.4) is 0 Å². The van der Waals surface area contributed by atoms with E-state index in [-0.39, 0.29) is 21.7 Å². The van der Waals surface area contributed by atoms with Gasteiger partial charge in [0.2, 0.25) is 0 Å². The lowest BCUT2D eigenvalue weighted by Gasteiger charge is -2.49. The van der Waals surface area contributed by atoms with Crippen molar-refractivity contribution in [2.75, 3.05) is 5.32 Å². The van der Waals surface area contributed by atoms with Gasteiger partial charge in [0.25, 0.3) is 0 Å². The molecule has 2 nitrogen and oxygen atoms in total. The van der Waals surface area contributed by atoms with Crippen LogP contribution in [0.4, 0.5) is 11.4 Å². The predicted molar refractivity (Wildman–Crippen MR) is 185 cm³/mol. The maximum atomic E-state index is 6.34. The minimum atomic E-state index is -0.171. The van der Waals surface area contributed by atoms with Crippen molar-refractivity contribution in [1.82, 2.24) is 0 Å². The maximum absolute atomic E-state index is 6.34. The Morgan fingerprint density at radius 2 is 0.909 bits per heavy atom. The van der Waals surface area contributed by atoms with Crippen LogP contribution in [-0.2, 0) is 21.7 Å². The van der Waals surface area contributed by atoms with Gasteiger partial charge in [-0.05, 0) is 68.8 Å². The number of rotatable bonds is 2. The van der Waals surface area contributed by atoms with Gasteiger partial charge in [-0.3, -0.25) is 0 Å². The van der Waals surface area contributed by atoms with Crippen molar-refractivity contribution in [2.24, 2.45) is 0 Å². The van der Waals surface area contributed by atoms with Crippen LogP contribution in [0.1, 0.15) is 99.9 Å². The summed E-state index contributed by atoms with van der Waals surface area (Å²) >= 11 is 0. The Morgan fingerprint density at radius 1 is 0.432 bits per heavy atom. The third-order valence-corrected chi connectivity index (χ3v) is 11.2. The van der Waals surface area contributed by atoms with Crippen LogP contribution < -0.4 is 5.32 Å². The van der Waals surface area contributed by atoms with Crippen molar-refractivity contribution in [3.8, 4) is 0 Å². The van der Waals surface area contributed by atoms with Gasteiger partial charge in [-0.1, -0.05) is 128 Å². The molecule has 2 aliphatic carbocycles. The average molecular weight is 576 g/mol. The zero-order valence-electron chi connectivity index (χ0n) is 27.1. The third kappa shape index (κ3) is 3.49. The number of anilines is 2. The fraction of sp³-hybridized carbons (Fsp3) is 0.286. The monoisotopic (exact) mass is 575 g/mol. The second-order valence-electron chi connectivity index (χ2n) is 15.2. The Labute approximate surface area is 261 Å². The molecule has 0 unspecified atom stereocenters. The van der Waals surface area contributed by atoms with Gasteiger partial charge in [0, 0.05) is 38.1 Å². The number of hydrogen-bond donors (Lipinski definition) is 1. The first-order chi connectivity index (χ1) is 20.8. The molecule has 1 N–H and O–H groups in total. The minimum absolute atomic E-state index is 0.0670. The summed E-state index contributed by atoms with van der Waals surface area (Å²) in [7, 11) is 0. The summed E-state index contributed by atoms with van der Waals surface area (Å²) in [6.45, 7) is 19.2. The molecule has 1 aromatic heterocycles. The second-order valence-corrected chi connectivity index (χ2v) is 15.2. The summed E-state index contributed by atoms with van der Waals surface area (Å²) in [5, 5.41) is 6.02. The van der Waals surface area contributed by atoms with Crippen molar-refractivity contribution in [2.45, 2.75) is 77.0 Å². The first-order valence-electron chi connectivity index (χ1n) is 15.9. The van der Waals surface area contributed by atoms with Gasteiger partial charge >= 0.3 is 0 Å².